The highest BCUT2D eigenvalue weighted by molar-refractivity contribution is 6.23. The Balaban J connectivity index is 0.00000860. The number of unbranched alkanes of at least 4 members (excludes halogenated alkanes) is 3. The molecular formula is C58H71ClFN11O10. The fourth-order valence-electron chi connectivity index (χ4n) is 10.4. The minimum absolute atomic E-state index is 0. The topological polar surface area (TPSA) is 243 Å². The molecule has 1 unspecified atom stereocenters. The second-order valence-electron chi connectivity index (χ2n) is 20.6. The van der Waals surface area contributed by atoms with Gasteiger partial charge in [0.25, 0.3) is 17.7 Å². The number of rotatable bonds is 26. The summed E-state index contributed by atoms with van der Waals surface area (Å²) in [4.78, 5) is 92.4. The van der Waals surface area contributed by atoms with Crippen molar-refractivity contribution in [1.29, 1.82) is 0 Å². The van der Waals surface area contributed by atoms with E-state index in [-0.39, 0.29) is 72.9 Å². The Morgan fingerprint density at radius 3 is 2.20 bits per heavy atom. The van der Waals surface area contributed by atoms with Crippen LogP contribution in [0.1, 0.15) is 113 Å². The average Bonchev–Trinajstić information content (AvgIpc) is 4.07. The Kier molecular flexibility index (Phi) is 20.9. The molecule has 432 valence electrons. The molecule has 3 fully saturated rings. The van der Waals surface area contributed by atoms with Crippen molar-refractivity contribution in [3.05, 3.63) is 119 Å². The van der Waals surface area contributed by atoms with Gasteiger partial charge in [-0.05, 0) is 113 Å². The van der Waals surface area contributed by atoms with Crippen LogP contribution in [0.15, 0.2) is 85.2 Å². The maximum atomic E-state index is 15.3. The number of carbonyl (C=O) groups excluding carboxylic acids is 6. The minimum Gasteiger partial charge on any atom is -0.494 e. The molecule has 4 aliphatic rings. The molecule has 4 aliphatic heterocycles. The molecule has 5 aromatic rings. The third-order valence-corrected chi connectivity index (χ3v) is 15.1. The van der Waals surface area contributed by atoms with Gasteiger partial charge in [0, 0.05) is 81.5 Å². The number of hydrogen-bond donors (Lipinski definition) is 4. The fraction of sp³-hybridized carbons (Fsp3) is 0.466. The largest absolute Gasteiger partial charge is 0.494 e. The Bertz CT molecular complexity index is 2990. The van der Waals surface area contributed by atoms with Gasteiger partial charge in [0.15, 0.2) is 11.6 Å². The number of likely N-dealkylation sites (tertiary alicyclic amines) is 1. The summed E-state index contributed by atoms with van der Waals surface area (Å²) in [5.74, 6) is -1.51. The molecule has 2 atom stereocenters. The van der Waals surface area contributed by atoms with Crippen LogP contribution in [0.3, 0.4) is 0 Å². The highest BCUT2D eigenvalue weighted by Gasteiger charge is 2.46. The van der Waals surface area contributed by atoms with Crippen molar-refractivity contribution in [3.63, 3.8) is 0 Å². The quantitative estimate of drug-likeness (QED) is 0.0362. The first kappa shape index (κ1) is 59.7. The number of nitrogens with zero attached hydrogens (tertiary/aromatic N) is 7. The number of halogens is 2. The lowest BCUT2D eigenvalue weighted by Gasteiger charge is -2.40. The number of anilines is 2. The lowest BCUT2D eigenvalue weighted by molar-refractivity contribution is -0.136. The van der Waals surface area contributed by atoms with Gasteiger partial charge in [0.05, 0.1) is 74.5 Å². The molecular weight excluding hydrogens is 1070 g/mol. The number of nitrogens with one attached hydrogen (secondary N) is 4. The first-order valence-electron chi connectivity index (χ1n) is 27.6. The Hall–Kier alpha value is -7.37. The van der Waals surface area contributed by atoms with E-state index in [9.17, 15) is 28.8 Å². The highest BCUT2D eigenvalue weighted by atomic mass is 35.5. The number of aromatic nitrogens is 4. The summed E-state index contributed by atoms with van der Waals surface area (Å²) in [6.07, 6.45) is 9.07. The van der Waals surface area contributed by atoms with E-state index in [0.717, 1.165) is 91.0 Å². The standard InChI is InChI=1S/C58H70FN11O10.ClH/c1-39(61-53(73)42-10-7-11-43(35-42)64-58(18-22-67(2)23-19-58)57-63-52(65-66-57)40-15-20-60-21-16-40)41-9-8-12-44(36-41)80-29-6-4-3-5-28-77-31-33-79-34-32-78-30-17-51(72)69-26-24-68(25-27-69)49-38-46-45(37-47(49)59)55(75)70(56(46)76)48-13-14-50(71)62-54(48)74;/h7-12,15-16,20-21,35-39,48,64H,3-6,13-14,17-19,22-34H2,1-2H3,(H,61,73)(H,62,71,74)(H,63,65,66);1H/t39-,48?;/m1./s1. The molecule has 3 saturated heterocycles. The van der Waals surface area contributed by atoms with E-state index < -0.39 is 41.0 Å². The van der Waals surface area contributed by atoms with Crippen molar-refractivity contribution in [1.82, 2.24) is 45.5 Å². The number of aromatic amines is 1. The molecule has 0 bridgehead atoms. The molecule has 0 spiro atoms. The summed E-state index contributed by atoms with van der Waals surface area (Å²) < 4.78 is 38.4. The van der Waals surface area contributed by atoms with Gasteiger partial charge in [-0.2, -0.15) is 5.10 Å². The van der Waals surface area contributed by atoms with Crippen molar-refractivity contribution in [2.24, 2.45) is 0 Å². The van der Waals surface area contributed by atoms with Crippen molar-refractivity contribution >= 4 is 59.2 Å². The predicted octanol–water partition coefficient (Wildman–Crippen LogP) is 6.08. The zero-order chi connectivity index (χ0) is 56.0. The summed E-state index contributed by atoms with van der Waals surface area (Å²) >= 11 is 0. The number of imide groups is 2. The Morgan fingerprint density at radius 1 is 0.790 bits per heavy atom. The van der Waals surface area contributed by atoms with E-state index in [1.165, 1.54) is 6.07 Å². The van der Waals surface area contributed by atoms with Crippen molar-refractivity contribution in [3.8, 4) is 17.1 Å². The monoisotopic (exact) mass is 1140 g/mol. The molecule has 23 heteroatoms. The molecule has 21 nitrogen and oxygen atoms in total. The van der Waals surface area contributed by atoms with E-state index in [1.807, 2.05) is 67.6 Å². The number of carbonyl (C=O) groups is 6. The smallest absolute Gasteiger partial charge is 0.262 e. The molecule has 6 amide bonds. The number of fused-ring (bicyclic) bond motifs is 1. The Labute approximate surface area is 476 Å². The number of benzene rings is 3. The first-order chi connectivity index (χ1) is 38.9. The second-order valence-corrected chi connectivity index (χ2v) is 20.6. The molecule has 0 radical (unpaired) electrons. The molecule has 2 aromatic heterocycles. The SMILES string of the molecule is C[C@@H](NC(=O)c1cccc(NC2(c3nc(-c4ccncc4)n[nH]3)CCN(C)CC2)c1)c1cccc(OCCCCCCOCCOCCOCCC(=O)N2CCN(c3cc4c(cc3F)C(=O)N(C3CCC(=O)NC3=O)C4=O)CC2)c1.Cl. The summed E-state index contributed by atoms with van der Waals surface area (Å²) in [7, 11) is 2.12. The van der Waals surface area contributed by atoms with E-state index in [1.54, 1.807) is 22.2 Å². The number of H-pyrrole nitrogens is 1. The fourth-order valence-corrected chi connectivity index (χ4v) is 10.4. The van der Waals surface area contributed by atoms with E-state index in [4.69, 9.17) is 23.9 Å². The third-order valence-electron chi connectivity index (χ3n) is 15.1. The van der Waals surface area contributed by atoms with E-state index in [2.05, 4.69) is 43.1 Å². The number of hydrogen-bond acceptors (Lipinski definition) is 16. The molecule has 0 aliphatic carbocycles. The molecule has 81 heavy (non-hydrogen) atoms. The van der Waals surface area contributed by atoms with E-state index >= 15 is 4.39 Å². The van der Waals surface area contributed by atoms with Gasteiger partial charge in [0.2, 0.25) is 17.7 Å². The van der Waals surface area contributed by atoms with Crippen LogP contribution in [0, 0.1) is 5.82 Å². The van der Waals surface area contributed by atoms with Gasteiger partial charge < -0.3 is 44.3 Å². The van der Waals surface area contributed by atoms with Gasteiger partial charge in [0.1, 0.15) is 17.6 Å². The van der Waals surface area contributed by atoms with Crippen molar-refractivity contribution in [2.75, 3.05) is 103 Å². The molecule has 4 N–H and O–H groups in total. The highest BCUT2D eigenvalue weighted by Crippen LogP contribution is 2.37. The average molecular weight is 1140 g/mol. The minimum atomic E-state index is -1.14. The van der Waals surface area contributed by atoms with Crippen LogP contribution in [0.4, 0.5) is 15.8 Å². The number of ether oxygens (including phenoxy) is 4. The van der Waals surface area contributed by atoms with Crippen LogP contribution in [0.5, 0.6) is 5.75 Å². The van der Waals surface area contributed by atoms with Gasteiger partial charge in [-0.25, -0.2) is 9.37 Å². The Morgan fingerprint density at radius 2 is 1.47 bits per heavy atom. The molecule has 0 saturated carbocycles. The molecule has 9 rings (SSSR count). The lowest BCUT2D eigenvalue weighted by atomic mass is 9.86. The number of piperazine rings is 1. The van der Waals surface area contributed by atoms with Crippen molar-refractivity contribution in [2.45, 2.75) is 82.3 Å². The zero-order valence-corrected chi connectivity index (χ0v) is 46.6. The lowest BCUT2D eigenvalue weighted by Crippen LogP contribution is -2.54. The second kappa shape index (κ2) is 28.4. The van der Waals surface area contributed by atoms with E-state index in [0.29, 0.717) is 77.2 Å². The molecule has 3 aromatic carbocycles. The number of amides is 6. The summed E-state index contributed by atoms with van der Waals surface area (Å²) in [5, 5.41) is 16.8. The van der Waals surface area contributed by atoms with Crippen LogP contribution in [-0.4, -0.2) is 169 Å². The molecule has 6 heterocycles. The van der Waals surface area contributed by atoms with Crippen LogP contribution in [0.25, 0.3) is 11.4 Å². The number of pyridine rings is 1. The van der Waals surface area contributed by atoms with Crippen LogP contribution in [0.2, 0.25) is 0 Å². The van der Waals surface area contributed by atoms with Crippen LogP contribution >= 0.6 is 12.4 Å². The normalized spacial score (nSPS) is 17.6. The van der Waals surface area contributed by atoms with Crippen LogP contribution < -0.4 is 25.6 Å². The summed E-state index contributed by atoms with van der Waals surface area (Å²) in [6.45, 7) is 8.06. The maximum absolute atomic E-state index is 15.3. The van der Waals surface area contributed by atoms with Crippen molar-refractivity contribution < 1.29 is 52.1 Å². The first-order valence-corrected chi connectivity index (χ1v) is 27.6. The third kappa shape index (κ3) is 15.2. The van der Waals surface area contributed by atoms with Gasteiger partial charge in [-0.3, -0.25) is 49.1 Å². The van der Waals surface area contributed by atoms with Crippen LogP contribution in [-0.2, 0) is 34.1 Å². The maximum Gasteiger partial charge on any atom is 0.262 e. The predicted molar refractivity (Wildman–Crippen MR) is 301 cm³/mol. The summed E-state index contributed by atoms with van der Waals surface area (Å²) in [6, 6.07) is 20.2. The zero-order valence-electron chi connectivity index (χ0n) is 45.8. The number of piperidine rings is 2. The van der Waals surface area contributed by atoms with Gasteiger partial charge in [-0.15, -0.1) is 12.4 Å². The summed E-state index contributed by atoms with van der Waals surface area (Å²) in [5.41, 5.74) is 2.72. The van der Waals surface area contributed by atoms with Gasteiger partial charge in [-0.1, -0.05) is 24.6 Å². The van der Waals surface area contributed by atoms with Gasteiger partial charge >= 0.3 is 0 Å².